The number of rotatable bonds is 4. The lowest BCUT2D eigenvalue weighted by molar-refractivity contribution is 0.107. The van der Waals surface area contributed by atoms with Gasteiger partial charge in [-0.05, 0) is 35.4 Å². The first-order valence-electron chi connectivity index (χ1n) is 8.26. The van der Waals surface area contributed by atoms with Crippen LogP contribution < -0.4 is 0 Å². The van der Waals surface area contributed by atoms with Gasteiger partial charge in [0.25, 0.3) is 0 Å². The van der Waals surface area contributed by atoms with Crippen LogP contribution in [-0.4, -0.2) is 0 Å². The molecule has 0 aliphatic rings. The molecular weight excluding hydrogens is 440 g/mol. The Labute approximate surface area is 167 Å². The summed E-state index contributed by atoms with van der Waals surface area (Å²) in [4.78, 5) is 0. The van der Waals surface area contributed by atoms with E-state index >= 15 is 0 Å². The van der Waals surface area contributed by atoms with E-state index in [1.54, 1.807) is 0 Å². The van der Waals surface area contributed by atoms with Crippen molar-refractivity contribution in [1.29, 1.82) is 0 Å². The summed E-state index contributed by atoms with van der Waals surface area (Å²) in [5.41, 5.74) is 4.22. The number of hydrogen-bond acceptors (Lipinski definition) is 1. The molecule has 0 saturated carbocycles. The minimum Gasteiger partial charge on any atom is -0.372 e. The normalized spacial score (nSPS) is 9.76. The zero-order chi connectivity index (χ0) is 18.1. The highest BCUT2D eigenvalue weighted by Crippen LogP contribution is 2.20. The summed E-state index contributed by atoms with van der Waals surface area (Å²) < 4.78 is 8.02. The van der Waals surface area contributed by atoms with E-state index in [0.717, 1.165) is 44.0 Å². The fraction of sp³-hybridized carbons (Fsp3) is 0.273. The molecule has 1 nitrogen and oxygen atoms in total. The van der Waals surface area contributed by atoms with Gasteiger partial charge in [0.2, 0.25) is 0 Å². The summed E-state index contributed by atoms with van der Waals surface area (Å²) in [6.07, 6.45) is 1.68. The summed E-state index contributed by atoms with van der Waals surface area (Å²) in [5, 5.41) is 0. The van der Waals surface area contributed by atoms with Crippen LogP contribution in [0, 0.1) is 23.7 Å². The molecule has 0 spiro atoms. The maximum atomic E-state index is 5.96. The molecule has 128 valence electrons. The molecule has 0 saturated heterocycles. The van der Waals surface area contributed by atoms with Gasteiger partial charge in [-0.2, -0.15) is 0 Å². The van der Waals surface area contributed by atoms with Gasteiger partial charge in [0.15, 0.2) is 0 Å². The van der Waals surface area contributed by atoms with Gasteiger partial charge in [0.05, 0.1) is 13.2 Å². The topological polar surface area (TPSA) is 9.23 Å². The van der Waals surface area contributed by atoms with Crippen molar-refractivity contribution in [2.24, 2.45) is 0 Å². The Balaban J connectivity index is 2.11. The average Bonchev–Trinajstić information content (AvgIpc) is 2.61. The lowest BCUT2D eigenvalue weighted by Crippen LogP contribution is -1.99. The van der Waals surface area contributed by atoms with E-state index in [-0.39, 0.29) is 0 Å². The molecule has 2 aromatic rings. The molecule has 0 atom stereocenters. The number of halogens is 2. The Morgan fingerprint density at radius 3 is 1.60 bits per heavy atom. The van der Waals surface area contributed by atoms with E-state index in [9.17, 15) is 0 Å². The van der Waals surface area contributed by atoms with Gasteiger partial charge in [-0.1, -0.05) is 81.5 Å². The number of hydrogen-bond donors (Lipinski definition) is 0. The van der Waals surface area contributed by atoms with Crippen LogP contribution in [0.1, 0.15) is 48.9 Å². The molecular formula is C22H20Br2O. The third kappa shape index (κ3) is 6.37. The fourth-order valence-corrected chi connectivity index (χ4v) is 2.94. The van der Waals surface area contributed by atoms with Gasteiger partial charge in [-0.15, -0.1) is 0 Å². The molecule has 0 heterocycles. The minimum atomic E-state index is 0.526. The van der Waals surface area contributed by atoms with Crippen molar-refractivity contribution < 1.29 is 4.74 Å². The largest absolute Gasteiger partial charge is 0.372 e. The van der Waals surface area contributed by atoms with Crippen molar-refractivity contribution >= 4 is 31.9 Å². The highest BCUT2D eigenvalue weighted by Gasteiger charge is 2.05. The van der Waals surface area contributed by atoms with Crippen molar-refractivity contribution in [3.63, 3.8) is 0 Å². The molecule has 2 rings (SSSR count). The van der Waals surface area contributed by atoms with Crippen LogP contribution in [0.5, 0.6) is 0 Å². The Morgan fingerprint density at radius 1 is 0.760 bits per heavy atom. The molecule has 0 unspecified atom stereocenters. The molecule has 0 aliphatic carbocycles. The van der Waals surface area contributed by atoms with Gasteiger partial charge in [-0.25, -0.2) is 0 Å². The molecule has 0 aromatic heterocycles. The van der Waals surface area contributed by atoms with Crippen LogP contribution in [0.2, 0.25) is 0 Å². The van der Waals surface area contributed by atoms with Crippen LogP contribution in [0.3, 0.4) is 0 Å². The second kappa shape index (κ2) is 10.5. The van der Waals surface area contributed by atoms with E-state index in [1.807, 2.05) is 38.1 Å². The zero-order valence-corrected chi connectivity index (χ0v) is 17.6. The Kier molecular flexibility index (Phi) is 8.29. The van der Waals surface area contributed by atoms with E-state index in [1.165, 1.54) is 0 Å². The predicted molar refractivity (Wildman–Crippen MR) is 111 cm³/mol. The highest BCUT2D eigenvalue weighted by molar-refractivity contribution is 9.10. The Bertz CT molecular complexity index is 776. The third-order valence-electron chi connectivity index (χ3n) is 3.46. The van der Waals surface area contributed by atoms with E-state index in [2.05, 4.69) is 67.7 Å². The van der Waals surface area contributed by atoms with E-state index < -0.39 is 0 Å². The average molecular weight is 460 g/mol. The van der Waals surface area contributed by atoms with Gasteiger partial charge < -0.3 is 4.74 Å². The van der Waals surface area contributed by atoms with Crippen molar-refractivity contribution in [2.75, 3.05) is 0 Å². The maximum absolute atomic E-state index is 5.96. The van der Waals surface area contributed by atoms with Gasteiger partial charge >= 0.3 is 0 Å². The van der Waals surface area contributed by atoms with Crippen LogP contribution in [-0.2, 0) is 18.0 Å². The highest BCUT2D eigenvalue weighted by atomic mass is 79.9. The summed E-state index contributed by atoms with van der Waals surface area (Å²) in [7, 11) is 0. The van der Waals surface area contributed by atoms with Gasteiger partial charge in [0, 0.05) is 32.9 Å². The van der Waals surface area contributed by atoms with Gasteiger partial charge in [-0.3, -0.25) is 0 Å². The van der Waals surface area contributed by atoms with Crippen molar-refractivity contribution in [1.82, 2.24) is 0 Å². The number of benzene rings is 2. The van der Waals surface area contributed by atoms with Crippen molar-refractivity contribution in [3.05, 3.63) is 67.6 Å². The van der Waals surface area contributed by atoms with E-state index in [4.69, 9.17) is 4.74 Å². The molecule has 0 radical (unpaired) electrons. The standard InChI is InChI=1S/C22H20Br2O/c1-3-5-7-17-13-21(23)11-9-19(17)15-25-16-20-10-12-22(24)14-18(20)8-6-4-2/h9-14H,3-4,15-16H2,1-2H3. The zero-order valence-electron chi connectivity index (χ0n) is 14.5. The lowest BCUT2D eigenvalue weighted by atomic mass is 10.1. The molecule has 3 heteroatoms. The quantitative estimate of drug-likeness (QED) is 0.477. The molecule has 2 aromatic carbocycles. The lowest BCUT2D eigenvalue weighted by Gasteiger charge is -2.09. The first kappa shape index (κ1) is 19.8. The first-order valence-corrected chi connectivity index (χ1v) is 9.85. The Morgan fingerprint density at radius 2 is 1.20 bits per heavy atom. The van der Waals surface area contributed by atoms with Crippen molar-refractivity contribution in [2.45, 2.75) is 39.9 Å². The third-order valence-corrected chi connectivity index (χ3v) is 4.45. The second-order valence-corrected chi connectivity index (χ2v) is 7.24. The predicted octanol–water partition coefficient (Wildman–Crippen LogP) is 6.45. The summed E-state index contributed by atoms with van der Waals surface area (Å²) in [5.74, 6) is 12.7. The molecule has 0 fully saturated rings. The molecule has 0 N–H and O–H groups in total. The molecule has 25 heavy (non-hydrogen) atoms. The van der Waals surface area contributed by atoms with Gasteiger partial charge in [0.1, 0.15) is 0 Å². The fourth-order valence-electron chi connectivity index (χ4n) is 2.22. The molecule has 0 bridgehead atoms. The van der Waals surface area contributed by atoms with Crippen LogP contribution >= 0.6 is 31.9 Å². The Hall–Kier alpha value is -1.52. The van der Waals surface area contributed by atoms with Crippen LogP contribution in [0.15, 0.2) is 45.3 Å². The molecule has 0 amide bonds. The summed E-state index contributed by atoms with van der Waals surface area (Å²) in [6, 6.07) is 12.2. The minimum absolute atomic E-state index is 0.526. The SMILES string of the molecule is CCC#Cc1cc(Br)ccc1COCc1ccc(Br)cc1C#CCC. The van der Waals surface area contributed by atoms with Crippen molar-refractivity contribution in [3.8, 4) is 23.7 Å². The summed E-state index contributed by atoms with van der Waals surface area (Å²) in [6.45, 7) is 5.15. The smallest absolute Gasteiger partial charge is 0.0733 e. The maximum Gasteiger partial charge on any atom is 0.0733 e. The van der Waals surface area contributed by atoms with Crippen LogP contribution in [0.4, 0.5) is 0 Å². The summed E-state index contributed by atoms with van der Waals surface area (Å²) >= 11 is 7.01. The number of ether oxygens (including phenoxy) is 1. The van der Waals surface area contributed by atoms with E-state index in [0.29, 0.717) is 13.2 Å². The second-order valence-electron chi connectivity index (χ2n) is 5.41. The van der Waals surface area contributed by atoms with Crippen LogP contribution in [0.25, 0.3) is 0 Å². The monoisotopic (exact) mass is 458 g/mol. The first-order chi connectivity index (χ1) is 12.1. The molecule has 0 aliphatic heterocycles.